The Kier molecular flexibility index (Phi) is 5.08. The zero-order valence-electron chi connectivity index (χ0n) is 15.2. The van der Waals surface area contributed by atoms with Crippen molar-refractivity contribution in [2.75, 3.05) is 7.11 Å². The topological polar surface area (TPSA) is 44.1 Å². The third-order valence-electron chi connectivity index (χ3n) is 4.41. The third kappa shape index (κ3) is 3.62. The molecule has 1 heterocycles. The maximum absolute atomic E-state index is 13.2. The highest BCUT2D eigenvalue weighted by Crippen LogP contribution is 2.19. The van der Waals surface area contributed by atoms with Crippen LogP contribution >= 0.6 is 15.9 Å². The van der Waals surface area contributed by atoms with E-state index in [1.165, 1.54) is 0 Å². The van der Waals surface area contributed by atoms with Crippen LogP contribution in [-0.2, 0) is 0 Å². The number of fused-ring (bicyclic) bond motifs is 1. The largest absolute Gasteiger partial charge is 0.497 e. The Morgan fingerprint density at radius 2 is 1.71 bits per heavy atom. The Bertz CT molecular complexity index is 1210. The number of methoxy groups -OCH3 is 1. The zero-order valence-corrected chi connectivity index (χ0v) is 16.8. The van der Waals surface area contributed by atoms with Crippen LogP contribution in [-0.4, -0.2) is 16.7 Å². The molecule has 0 bridgehead atoms. The van der Waals surface area contributed by atoms with Crippen molar-refractivity contribution in [3.8, 4) is 11.4 Å². The summed E-state index contributed by atoms with van der Waals surface area (Å²) in [7, 11) is 1.64. The van der Waals surface area contributed by atoms with E-state index in [9.17, 15) is 4.79 Å². The van der Waals surface area contributed by atoms with Crippen LogP contribution < -0.4 is 10.3 Å². The van der Waals surface area contributed by atoms with Crippen molar-refractivity contribution >= 4 is 39.0 Å². The van der Waals surface area contributed by atoms with Crippen LogP contribution in [0.2, 0.25) is 0 Å². The molecule has 0 radical (unpaired) electrons. The van der Waals surface area contributed by atoms with E-state index in [0.717, 1.165) is 21.5 Å². The smallest absolute Gasteiger partial charge is 0.266 e. The third-order valence-corrected chi connectivity index (χ3v) is 4.90. The minimum absolute atomic E-state index is 0.105. The number of hydrogen-bond donors (Lipinski definition) is 0. The molecule has 1 aromatic heterocycles. The van der Waals surface area contributed by atoms with Crippen LogP contribution in [0.1, 0.15) is 11.4 Å². The van der Waals surface area contributed by atoms with Crippen LogP contribution in [0.15, 0.2) is 82.1 Å². The van der Waals surface area contributed by atoms with Crippen molar-refractivity contribution in [1.82, 2.24) is 9.55 Å². The van der Waals surface area contributed by atoms with Crippen molar-refractivity contribution in [3.63, 3.8) is 0 Å². The Morgan fingerprint density at radius 3 is 2.43 bits per heavy atom. The minimum Gasteiger partial charge on any atom is -0.497 e. The van der Waals surface area contributed by atoms with Gasteiger partial charge in [0.25, 0.3) is 5.56 Å². The Labute approximate surface area is 170 Å². The molecule has 0 fully saturated rings. The highest BCUT2D eigenvalue weighted by atomic mass is 79.9. The first-order valence-corrected chi connectivity index (χ1v) is 9.55. The van der Waals surface area contributed by atoms with Gasteiger partial charge in [-0.25, -0.2) is 4.98 Å². The van der Waals surface area contributed by atoms with Crippen LogP contribution in [0, 0.1) is 0 Å². The lowest BCUT2D eigenvalue weighted by Gasteiger charge is -2.11. The van der Waals surface area contributed by atoms with Gasteiger partial charge >= 0.3 is 0 Å². The van der Waals surface area contributed by atoms with Crippen molar-refractivity contribution in [2.24, 2.45) is 0 Å². The fourth-order valence-corrected chi connectivity index (χ4v) is 3.36. The van der Waals surface area contributed by atoms with Gasteiger partial charge < -0.3 is 4.74 Å². The van der Waals surface area contributed by atoms with Gasteiger partial charge in [0.2, 0.25) is 0 Å². The molecule has 4 rings (SSSR count). The maximum atomic E-state index is 13.2. The standard InChI is InChI=1S/C23H17BrN2O2/c1-28-19-11-7-16(8-12-19)9-14-22-25-21-13-10-17(24)15-20(21)23(27)26(22)18-5-3-2-4-6-18/h2-15H,1H3. The second-order valence-corrected chi connectivity index (χ2v) is 7.13. The van der Waals surface area contributed by atoms with Crippen molar-refractivity contribution in [3.05, 3.63) is 99.0 Å². The Hall–Kier alpha value is -3.18. The van der Waals surface area contributed by atoms with E-state index in [4.69, 9.17) is 9.72 Å². The van der Waals surface area contributed by atoms with E-state index in [2.05, 4.69) is 15.9 Å². The molecule has 5 heteroatoms. The second kappa shape index (κ2) is 7.82. The van der Waals surface area contributed by atoms with Crippen LogP contribution in [0.5, 0.6) is 5.75 Å². The predicted molar refractivity (Wildman–Crippen MR) is 117 cm³/mol. The van der Waals surface area contributed by atoms with Gasteiger partial charge in [0.1, 0.15) is 11.6 Å². The highest BCUT2D eigenvalue weighted by molar-refractivity contribution is 9.10. The molecule has 0 aliphatic carbocycles. The number of rotatable bonds is 4. The average Bonchev–Trinajstić information content (AvgIpc) is 2.74. The van der Waals surface area contributed by atoms with E-state index in [0.29, 0.717) is 16.7 Å². The minimum atomic E-state index is -0.105. The molecule has 0 aliphatic heterocycles. The molecule has 0 spiro atoms. The molecule has 0 atom stereocenters. The van der Waals surface area contributed by atoms with Gasteiger partial charge in [-0.2, -0.15) is 0 Å². The number of hydrogen-bond acceptors (Lipinski definition) is 3. The SMILES string of the molecule is COc1ccc(C=Cc2nc3ccc(Br)cc3c(=O)n2-c2ccccc2)cc1. The average molecular weight is 433 g/mol. The molecule has 3 aromatic carbocycles. The molecule has 4 aromatic rings. The molecule has 28 heavy (non-hydrogen) atoms. The molecule has 0 N–H and O–H groups in total. The molecule has 0 aliphatic rings. The Morgan fingerprint density at radius 1 is 0.964 bits per heavy atom. The molecule has 0 unspecified atom stereocenters. The fourth-order valence-electron chi connectivity index (χ4n) is 3.00. The molecular formula is C23H17BrN2O2. The first-order valence-electron chi connectivity index (χ1n) is 8.75. The van der Waals surface area contributed by atoms with Gasteiger partial charge in [-0.05, 0) is 54.1 Å². The number of ether oxygens (including phenoxy) is 1. The van der Waals surface area contributed by atoms with Gasteiger partial charge in [-0.1, -0.05) is 52.3 Å². The van der Waals surface area contributed by atoms with Crippen LogP contribution in [0.4, 0.5) is 0 Å². The molecule has 0 amide bonds. The fraction of sp³-hybridized carbons (Fsp3) is 0.0435. The Balaban J connectivity index is 1.89. The predicted octanol–water partition coefficient (Wildman–Crippen LogP) is 5.33. The summed E-state index contributed by atoms with van der Waals surface area (Å²) in [6.07, 6.45) is 3.79. The van der Waals surface area contributed by atoms with E-state index in [1.807, 2.05) is 78.9 Å². The molecule has 0 saturated heterocycles. The van der Waals surface area contributed by atoms with Crippen molar-refractivity contribution < 1.29 is 4.74 Å². The lowest BCUT2D eigenvalue weighted by molar-refractivity contribution is 0.415. The van der Waals surface area contributed by atoms with Gasteiger partial charge in [-0.3, -0.25) is 9.36 Å². The number of para-hydroxylation sites is 1. The molecular weight excluding hydrogens is 416 g/mol. The highest BCUT2D eigenvalue weighted by Gasteiger charge is 2.11. The normalized spacial score (nSPS) is 11.2. The summed E-state index contributed by atoms with van der Waals surface area (Å²) in [6, 6.07) is 22.8. The van der Waals surface area contributed by atoms with Gasteiger partial charge in [0, 0.05) is 4.47 Å². The zero-order chi connectivity index (χ0) is 19.5. The molecule has 4 nitrogen and oxygen atoms in total. The van der Waals surface area contributed by atoms with Crippen LogP contribution in [0.25, 0.3) is 28.7 Å². The van der Waals surface area contributed by atoms with Crippen molar-refractivity contribution in [1.29, 1.82) is 0 Å². The van der Waals surface area contributed by atoms with E-state index in [-0.39, 0.29) is 5.56 Å². The van der Waals surface area contributed by atoms with Crippen molar-refractivity contribution in [2.45, 2.75) is 0 Å². The van der Waals surface area contributed by atoms with Gasteiger partial charge in [0.15, 0.2) is 0 Å². The summed E-state index contributed by atoms with van der Waals surface area (Å²) in [5.41, 5.74) is 2.32. The monoisotopic (exact) mass is 432 g/mol. The lowest BCUT2D eigenvalue weighted by atomic mass is 10.2. The maximum Gasteiger partial charge on any atom is 0.266 e. The summed E-state index contributed by atoms with van der Waals surface area (Å²) in [6.45, 7) is 0. The quantitative estimate of drug-likeness (QED) is 0.437. The van der Waals surface area contributed by atoms with E-state index >= 15 is 0 Å². The summed E-state index contributed by atoms with van der Waals surface area (Å²) in [5.74, 6) is 1.37. The van der Waals surface area contributed by atoms with E-state index in [1.54, 1.807) is 17.7 Å². The number of halogens is 1. The number of nitrogens with zero attached hydrogens (tertiary/aromatic N) is 2. The summed E-state index contributed by atoms with van der Waals surface area (Å²) >= 11 is 3.44. The molecule has 0 saturated carbocycles. The van der Waals surface area contributed by atoms with E-state index < -0.39 is 0 Å². The summed E-state index contributed by atoms with van der Waals surface area (Å²) < 4.78 is 7.68. The van der Waals surface area contributed by atoms with Crippen LogP contribution in [0.3, 0.4) is 0 Å². The number of benzene rings is 3. The first-order chi connectivity index (χ1) is 13.7. The van der Waals surface area contributed by atoms with Gasteiger partial charge in [-0.15, -0.1) is 0 Å². The second-order valence-electron chi connectivity index (χ2n) is 6.21. The summed E-state index contributed by atoms with van der Waals surface area (Å²) in [5, 5.41) is 0.569. The first kappa shape index (κ1) is 18.2. The van der Waals surface area contributed by atoms with Gasteiger partial charge in [0.05, 0.1) is 23.7 Å². The number of aromatic nitrogens is 2. The molecule has 138 valence electrons. The lowest BCUT2D eigenvalue weighted by Crippen LogP contribution is -2.22. The summed E-state index contributed by atoms with van der Waals surface area (Å²) in [4.78, 5) is 18.0.